The van der Waals surface area contributed by atoms with Crippen LogP contribution in [-0.4, -0.2) is 11.4 Å². The maximum absolute atomic E-state index is 3.71. The predicted octanol–water partition coefficient (Wildman–Crippen LogP) is 3.25. The van der Waals surface area contributed by atoms with E-state index in [0.717, 1.165) is 0 Å². The Morgan fingerprint density at radius 3 is 2.11 bits per heavy atom. The number of hydrogen-bond acceptors (Lipinski definition) is 0. The van der Waals surface area contributed by atoms with Crippen molar-refractivity contribution in [3.05, 3.63) is 16.2 Å². The molecule has 0 aromatic rings. The molecule has 0 radical (unpaired) electrons. The Hall–Kier alpha value is 0.543. The van der Waals surface area contributed by atoms with Gasteiger partial charge in [0.05, 0.1) is 0 Å². The number of halogens is 1. The molecule has 0 spiro atoms. The van der Waals surface area contributed by atoms with Gasteiger partial charge in [-0.2, -0.15) is 0 Å². The van der Waals surface area contributed by atoms with Crippen molar-refractivity contribution in [3.63, 3.8) is 0 Å². The number of allylic oxidation sites excluding steroid dienone is 1. The maximum atomic E-state index is 3.71. The topological polar surface area (TPSA) is 0 Å². The minimum atomic E-state index is -1.65. The Kier molecular flexibility index (Phi) is 3.87. The average molecular weight is 250 g/mol. The van der Waals surface area contributed by atoms with Gasteiger partial charge in [-0.25, -0.2) is 0 Å². The van der Waals surface area contributed by atoms with Crippen LogP contribution in [0.25, 0.3) is 0 Å². The molecule has 0 nitrogen and oxygen atoms in total. The van der Waals surface area contributed by atoms with Crippen molar-refractivity contribution in [1.82, 2.24) is 0 Å². The summed E-state index contributed by atoms with van der Waals surface area (Å²) in [5.41, 5.74) is 3.21. The molecule has 0 aromatic heterocycles. The molecular formula is C7H13BrGe. The van der Waals surface area contributed by atoms with Gasteiger partial charge in [-0.3, -0.25) is 0 Å². The summed E-state index contributed by atoms with van der Waals surface area (Å²) < 4.78 is 1.41. The van der Waals surface area contributed by atoms with E-state index in [9.17, 15) is 0 Å². The van der Waals surface area contributed by atoms with Crippen LogP contribution in [0.3, 0.4) is 0 Å². The first-order valence-electron chi connectivity index (χ1n) is 3.06. The Morgan fingerprint density at radius 2 is 2.00 bits per heavy atom. The zero-order valence-corrected chi connectivity index (χ0v) is 10.1. The molecule has 0 saturated carbocycles. The van der Waals surface area contributed by atoms with E-state index in [2.05, 4.69) is 38.2 Å². The van der Waals surface area contributed by atoms with E-state index in [0.29, 0.717) is 0 Å². The molecular weight excluding hydrogens is 237 g/mol. The third-order valence-electron chi connectivity index (χ3n) is 1.25. The van der Waals surface area contributed by atoms with Gasteiger partial charge in [-0.1, -0.05) is 0 Å². The fourth-order valence-electron chi connectivity index (χ4n) is 0.388. The second-order valence-electron chi connectivity index (χ2n) is 2.53. The van der Waals surface area contributed by atoms with Crippen LogP contribution >= 0.6 is 14.0 Å². The van der Waals surface area contributed by atoms with E-state index in [1.54, 1.807) is 0 Å². The van der Waals surface area contributed by atoms with Gasteiger partial charge in [0.1, 0.15) is 0 Å². The zero-order chi connectivity index (χ0) is 7.49. The van der Waals surface area contributed by atoms with Crippen LogP contribution in [0.4, 0.5) is 0 Å². The van der Waals surface area contributed by atoms with Crippen LogP contribution in [0.1, 0.15) is 13.8 Å². The van der Waals surface area contributed by atoms with Crippen molar-refractivity contribution in [1.29, 1.82) is 0 Å². The minimum absolute atomic E-state index is 1.41. The number of rotatable bonds is 1. The molecule has 0 aliphatic heterocycles. The fourth-order valence-corrected chi connectivity index (χ4v) is 2.01. The monoisotopic (exact) mass is 250 g/mol. The van der Waals surface area contributed by atoms with Gasteiger partial charge in [-0.05, 0) is 0 Å². The van der Waals surface area contributed by atoms with Crippen LogP contribution < -0.4 is 0 Å². The molecule has 0 saturated heterocycles. The van der Waals surface area contributed by atoms with Gasteiger partial charge >= 0.3 is 67.0 Å². The molecule has 0 atom stereocenters. The molecule has 0 N–H and O–H groups in total. The molecule has 0 amide bonds. The first kappa shape index (κ1) is 9.54. The van der Waals surface area contributed by atoms with Crippen molar-refractivity contribution >= 4 is 25.4 Å². The Morgan fingerprint density at radius 1 is 1.56 bits per heavy atom. The zero-order valence-electron chi connectivity index (χ0n) is 6.46. The number of hydrogen-bond donors (Lipinski definition) is 0. The summed E-state index contributed by atoms with van der Waals surface area (Å²) in [6.45, 7) is 4.15. The summed E-state index contributed by atoms with van der Waals surface area (Å²) in [6.07, 6.45) is 1.98. The molecule has 0 aliphatic rings. The van der Waals surface area contributed by atoms with Crippen LogP contribution in [0, 0.1) is 0 Å². The summed E-state index contributed by atoms with van der Waals surface area (Å²) in [6, 6.07) is 0. The summed E-state index contributed by atoms with van der Waals surface area (Å²) in [4.78, 5) is 0. The van der Waals surface area contributed by atoms with E-state index in [4.69, 9.17) is 0 Å². The van der Waals surface area contributed by atoms with Crippen LogP contribution in [0.5, 0.6) is 0 Å². The Balaban J connectivity index is 4.40. The van der Waals surface area contributed by atoms with E-state index in [-0.39, 0.29) is 0 Å². The normalized spacial score (nSPS) is 10.3. The van der Waals surface area contributed by atoms with Crippen LogP contribution in [0.15, 0.2) is 16.2 Å². The first-order chi connectivity index (χ1) is 3.98. The van der Waals surface area contributed by atoms with Crippen molar-refractivity contribution in [3.8, 4) is 0 Å². The van der Waals surface area contributed by atoms with Gasteiger partial charge in [0.15, 0.2) is 0 Å². The first-order valence-corrected chi connectivity index (χ1v) is 13.2. The van der Waals surface area contributed by atoms with Crippen molar-refractivity contribution in [2.45, 2.75) is 25.4 Å². The fraction of sp³-hybridized carbons (Fsp3) is 0.571. The standard InChI is InChI=1S/C7H13BrGe/c1-5-6-7(2)9(3,4)8/h5H,1-4H3. The third kappa shape index (κ3) is 4.02. The van der Waals surface area contributed by atoms with Crippen LogP contribution in [0.2, 0.25) is 11.5 Å². The average Bonchev–Trinajstić information content (AvgIpc) is 1.64. The molecule has 0 heterocycles. The summed E-state index contributed by atoms with van der Waals surface area (Å²) in [5.74, 6) is 4.59. The van der Waals surface area contributed by atoms with Gasteiger partial charge in [-0.15, -0.1) is 0 Å². The molecule has 0 rings (SSSR count). The van der Waals surface area contributed by atoms with Gasteiger partial charge in [0.2, 0.25) is 0 Å². The quantitative estimate of drug-likeness (QED) is 0.494. The predicted molar refractivity (Wildman–Crippen MR) is 49.4 cm³/mol. The molecule has 0 unspecified atom stereocenters. The molecule has 0 aromatic carbocycles. The Bertz CT molecular complexity index is 147. The molecule has 0 aliphatic carbocycles. The van der Waals surface area contributed by atoms with E-state index < -0.39 is 11.4 Å². The van der Waals surface area contributed by atoms with Gasteiger partial charge < -0.3 is 0 Å². The molecule has 52 valence electrons. The van der Waals surface area contributed by atoms with E-state index >= 15 is 0 Å². The van der Waals surface area contributed by atoms with Gasteiger partial charge in [0.25, 0.3) is 0 Å². The molecule has 9 heavy (non-hydrogen) atoms. The second kappa shape index (κ2) is 3.65. The molecule has 0 bridgehead atoms. The van der Waals surface area contributed by atoms with E-state index in [1.165, 1.54) is 4.41 Å². The molecule has 2 heteroatoms. The Labute approximate surface area is 67.0 Å². The SMILES string of the molecule is CC=C=[C](C)[Ge]([CH3])([CH3])[Br]. The van der Waals surface area contributed by atoms with Crippen molar-refractivity contribution in [2.75, 3.05) is 0 Å². The molecule has 0 fully saturated rings. The summed E-state index contributed by atoms with van der Waals surface area (Å²) >= 11 is 2.07. The third-order valence-corrected chi connectivity index (χ3v) is 8.39. The second-order valence-corrected chi connectivity index (χ2v) is 20.6. The van der Waals surface area contributed by atoms with Crippen molar-refractivity contribution in [2.24, 2.45) is 0 Å². The van der Waals surface area contributed by atoms with Gasteiger partial charge in [0, 0.05) is 0 Å². The summed E-state index contributed by atoms with van der Waals surface area (Å²) in [5, 5.41) is 0. The van der Waals surface area contributed by atoms with E-state index in [1.807, 2.05) is 13.0 Å². The summed E-state index contributed by atoms with van der Waals surface area (Å²) in [7, 11) is 0. The van der Waals surface area contributed by atoms with Crippen molar-refractivity contribution < 1.29 is 0 Å². The van der Waals surface area contributed by atoms with Crippen LogP contribution in [-0.2, 0) is 0 Å².